The Labute approximate surface area is 425 Å². The molecule has 3 aliphatic heterocycles. The van der Waals surface area contributed by atoms with Gasteiger partial charge in [-0.3, -0.25) is 13.5 Å². The molecule has 2 bridgehead atoms. The number of benzene rings is 7. The molecule has 350 valence electrons. The number of quaternary nitrogens is 2. The number of hydrogen-bond acceptors (Lipinski definition) is 2. The zero-order valence-electron chi connectivity index (χ0n) is 50.9. The molecule has 10 aromatic rings. The van der Waals surface area contributed by atoms with Crippen LogP contribution in [0, 0.1) is 6.67 Å². The first-order chi connectivity index (χ1) is 37.0. The van der Waals surface area contributed by atoms with Crippen LogP contribution < -0.4 is 13.7 Å². The molecule has 1 fully saturated rings. The summed E-state index contributed by atoms with van der Waals surface area (Å²) >= 11 is 0. The zero-order chi connectivity index (χ0) is 56.6. The van der Waals surface area contributed by atoms with Crippen LogP contribution in [0.4, 0.5) is 22.7 Å². The molecule has 0 saturated carbocycles. The lowest BCUT2D eigenvalue weighted by molar-refractivity contribution is 0.186. The summed E-state index contributed by atoms with van der Waals surface area (Å²) in [6, 6.07) is 34.2. The van der Waals surface area contributed by atoms with Gasteiger partial charge in [0.2, 0.25) is 0 Å². The molecule has 6 heterocycles. The summed E-state index contributed by atoms with van der Waals surface area (Å²) in [6.07, 6.45) is 1.81. The van der Waals surface area contributed by atoms with Crippen LogP contribution in [-0.2, 0) is 16.2 Å². The van der Waals surface area contributed by atoms with Gasteiger partial charge < -0.3 is 9.30 Å². The van der Waals surface area contributed by atoms with E-state index in [1.165, 1.54) is 16.8 Å². The van der Waals surface area contributed by atoms with Gasteiger partial charge in [-0.1, -0.05) is 137 Å². The first-order valence-corrected chi connectivity index (χ1v) is 24.2. The third-order valence-electron chi connectivity index (χ3n) is 14.7. The van der Waals surface area contributed by atoms with Crippen molar-refractivity contribution in [1.29, 1.82) is 0 Å². The average molecular weight is 928 g/mol. The van der Waals surface area contributed by atoms with Gasteiger partial charge >= 0.3 is 0 Å². The lowest BCUT2D eigenvalue weighted by atomic mass is 9.80. The fraction of sp³-hybridized carbons (Fsp3) is 0.250. The molecule has 70 heavy (non-hydrogen) atoms. The van der Waals surface area contributed by atoms with Crippen LogP contribution >= 0.6 is 0 Å². The van der Waals surface area contributed by atoms with Gasteiger partial charge in [0.05, 0.1) is 39.7 Å². The molecule has 0 radical (unpaired) electrons. The number of ether oxygens (including phenoxy) is 1. The van der Waals surface area contributed by atoms with E-state index in [0.717, 1.165) is 50.0 Å². The van der Waals surface area contributed by atoms with Crippen molar-refractivity contribution in [2.45, 2.75) is 98.3 Å². The molecular formula is C64H64N5O+. The third-order valence-corrected chi connectivity index (χ3v) is 14.7. The fourth-order valence-corrected chi connectivity index (χ4v) is 10.9. The van der Waals surface area contributed by atoms with Gasteiger partial charge in [0, 0.05) is 70.7 Å². The van der Waals surface area contributed by atoms with Crippen molar-refractivity contribution in [2.24, 2.45) is 0 Å². The lowest BCUT2D eigenvalue weighted by Crippen LogP contribution is -2.67. The van der Waals surface area contributed by atoms with Gasteiger partial charge in [-0.2, -0.15) is 0 Å². The highest BCUT2D eigenvalue weighted by Gasteiger charge is 2.64. The van der Waals surface area contributed by atoms with Crippen LogP contribution in [-0.4, -0.2) is 20.8 Å². The van der Waals surface area contributed by atoms with Gasteiger partial charge in [0.1, 0.15) is 28.7 Å². The Morgan fingerprint density at radius 3 is 1.87 bits per heavy atom. The van der Waals surface area contributed by atoms with E-state index in [4.69, 9.17) is 20.7 Å². The molecule has 2 atom stereocenters. The molecule has 0 spiro atoms. The lowest BCUT2D eigenvalue weighted by Gasteiger charge is -2.56. The number of pyridine rings is 1. The summed E-state index contributed by atoms with van der Waals surface area (Å²) in [5, 5.41) is 1.66. The van der Waals surface area contributed by atoms with Crippen molar-refractivity contribution in [3.05, 3.63) is 193 Å². The minimum atomic E-state index is -0.863. The van der Waals surface area contributed by atoms with E-state index in [1.54, 1.807) is 4.57 Å². The summed E-state index contributed by atoms with van der Waals surface area (Å²) in [4.78, 5) is 4.94. The maximum atomic E-state index is 9.46. The molecule has 6 nitrogen and oxygen atoms in total. The second-order valence-corrected chi connectivity index (χ2v) is 22.7. The highest BCUT2D eigenvalue weighted by atomic mass is 16.5. The quantitative estimate of drug-likeness (QED) is 0.118. The molecule has 0 N–H and O–H groups in total. The van der Waals surface area contributed by atoms with Crippen molar-refractivity contribution >= 4 is 66.4 Å². The van der Waals surface area contributed by atoms with Crippen LogP contribution in [0.5, 0.6) is 11.5 Å². The van der Waals surface area contributed by atoms with E-state index >= 15 is 0 Å². The molecule has 0 unspecified atom stereocenters. The number of fused-ring (bicyclic) bond motifs is 6. The summed E-state index contributed by atoms with van der Waals surface area (Å²) < 4.78 is 91.9. The Morgan fingerprint density at radius 1 is 0.571 bits per heavy atom. The second-order valence-electron chi connectivity index (χ2n) is 22.7. The van der Waals surface area contributed by atoms with E-state index < -0.39 is 30.1 Å². The molecule has 13 rings (SSSR count). The smallest absolute Gasteiger partial charge is 0.186 e. The van der Waals surface area contributed by atoms with Gasteiger partial charge in [0.15, 0.2) is 18.0 Å². The predicted molar refractivity (Wildman–Crippen MR) is 295 cm³/mol. The van der Waals surface area contributed by atoms with Crippen LogP contribution in [0.15, 0.2) is 164 Å². The van der Waals surface area contributed by atoms with Gasteiger partial charge in [0.25, 0.3) is 0 Å². The van der Waals surface area contributed by atoms with Crippen molar-refractivity contribution in [1.82, 2.24) is 23.1 Å². The molecule has 7 aromatic carbocycles. The standard InChI is InChI=1S/C64H64N5O/c1-41(2)50-22-17-25-59-61(50)69(47-33-43(63(6,7)8)32-44(34-47)64(9,10)11)39-68(59,40-69)46-18-16-19-48(37-46)70-49-27-28-53-54-36-45(66-55-23-14-12-20-51(55)52-21-13-15-24-56(52)66)26-29-57(54)67(58(53)38-49)60-35-42(30-31-65-60)62(3,4)5/h12-39,41H,40H2,1-11H3/q+1/t68-,69+/m1/s1/i12D,13D,14D,15D,20D,21D,23D,24D,41D. The van der Waals surface area contributed by atoms with Gasteiger partial charge in [-0.05, 0) is 106 Å². The SMILES string of the molecule is [2H]c1c([2H])c([2H])c2c(c1[2H])c1c([2H])c([2H])c([2H])c([2H])c1n2-c1ccc2c(c1)c1ccc(Oc3cccc([N@@+]45[CH-][N@@+](c6cc(C(C)(C)C)cc(C(C)(C)C)c6)(C4)c4c(C([2H])(C)C)cccc45)c3)cc1n2-c1cc(C(C)(C)C)ccn1. The Morgan fingerprint density at radius 2 is 1.21 bits per heavy atom. The third kappa shape index (κ3) is 6.71. The molecule has 3 aromatic heterocycles. The van der Waals surface area contributed by atoms with Crippen molar-refractivity contribution < 1.29 is 17.1 Å². The van der Waals surface area contributed by atoms with Crippen LogP contribution in [0.1, 0.15) is 117 Å². The Balaban J connectivity index is 1.01. The second kappa shape index (κ2) is 15.3. The van der Waals surface area contributed by atoms with Gasteiger partial charge in [-0.25, -0.2) is 4.98 Å². The Bertz CT molecular complexity index is 4170. The van der Waals surface area contributed by atoms with Crippen LogP contribution in [0.25, 0.3) is 55.1 Å². The largest absolute Gasteiger partial charge is 0.457 e. The summed E-state index contributed by atoms with van der Waals surface area (Å²) in [6.45, 7) is 27.2. The number of rotatable bonds is 7. The first kappa shape index (κ1) is 35.2. The molecule has 3 aliphatic rings. The number of nitrogens with zero attached hydrogens (tertiary/aromatic N) is 5. The molecule has 0 aliphatic carbocycles. The fourth-order valence-electron chi connectivity index (χ4n) is 10.9. The Kier molecular flexibility index (Phi) is 7.66. The maximum absolute atomic E-state index is 9.46. The zero-order valence-corrected chi connectivity index (χ0v) is 41.9. The van der Waals surface area contributed by atoms with E-state index in [9.17, 15) is 1.37 Å². The Hall–Kier alpha value is -6.99. The first-order valence-electron chi connectivity index (χ1n) is 28.7. The van der Waals surface area contributed by atoms with Crippen molar-refractivity contribution in [3.8, 4) is 23.0 Å². The summed E-state index contributed by atoms with van der Waals surface area (Å²) in [5.74, 6) is 1.05. The van der Waals surface area contributed by atoms with Crippen LogP contribution in [0.3, 0.4) is 0 Å². The highest BCUT2D eigenvalue weighted by molar-refractivity contribution is 6.12. The predicted octanol–water partition coefficient (Wildman–Crippen LogP) is 17.5. The number of aromatic nitrogens is 3. The minimum Gasteiger partial charge on any atom is -0.457 e. The van der Waals surface area contributed by atoms with E-state index in [1.807, 2.05) is 74.6 Å². The number of para-hydroxylation sites is 3. The van der Waals surface area contributed by atoms with Crippen molar-refractivity contribution in [2.75, 3.05) is 6.67 Å². The topological polar surface area (TPSA) is 32.0 Å². The van der Waals surface area contributed by atoms with E-state index in [-0.39, 0.29) is 62.2 Å². The number of hydrogen-bond donors (Lipinski definition) is 0. The maximum Gasteiger partial charge on any atom is 0.186 e. The molecule has 0 amide bonds. The average Bonchev–Trinajstić information content (AvgIpc) is 2.09. The molecule has 6 heteroatoms. The molecule has 1 saturated heterocycles. The van der Waals surface area contributed by atoms with Crippen molar-refractivity contribution in [3.63, 3.8) is 0 Å². The van der Waals surface area contributed by atoms with Gasteiger partial charge in [-0.15, -0.1) is 0 Å². The minimum absolute atomic E-state index is 0.0239. The normalized spacial score (nSPS) is 20.0. The van der Waals surface area contributed by atoms with E-state index in [0.29, 0.717) is 38.6 Å². The molecular weight excluding hydrogens is 855 g/mol. The van der Waals surface area contributed by atoms with Crippen LogP contribution in [0.2, 0.25) is 0 Å². The summed E-state index contributed by atoms with van der Waals surface area (Å²) in [5.41, 5.74) is 10.9. The highest BCUT2D eigenvalue weighted by Crippen LogP contribution is 2.67. The van der Waals surface area contributed by atoms with E-state index in [2.05, 4.69) is 128 Å². The summed E-state index contributed by atoms with van der Waals surface area (Å²) in [7, 11) is 0. The monoisotopic (exact) mass is 928 g/mol.